The summed E-state index contributed by atoms with van der Waals surface area (Å²) in [5.74, 6) is -1.52. The third-order valence-corrected chi connectivity index (χ3v) is 3.73. The van der Waals surface area contributed by atoms with Crippen LogP contribution in [0.5, 0.6) is 0 Å². The van der Waals surface area contributed by atoms with Crippen LogP contribution in [0, 0.1) is 0 Å². The van der Waals surface area contributed by atoms with Crippen LogP contribution in [0.2, 0.25) is 0 Å². The SMILES string of the molecule is CC1(C(=O)Nc2ccc(C(=O)NCCC(=O)O)cc2)CCCO1. The fourth-order valence-electron chi connectivity index (χ4n) is 2.31. The van der Waals surface area contributed by atoms with Crippen molar-refractivity contribution in [2.75, 3.05) is 18.5 Å². The zero-order chi connectivity index (χ0) is 16.9. The van der Waals surface area contributed by atoms with Gasteiger partial charge in [0.25, 0.3) is 11.8 Å². The van der Waals surface area contributed by atoms with Gasteiger partial charge in [0.2, 0.25) is 0 Å². The Morgan fingerprint density at radius 1 is 1.26 bits per heavy atom. The molecule has 2 rings (SSSR count). The second-order valence-corrected chi connectivity index (χ2v) is 5.61. The van der Waals surface area contributed by atoms with Crippen LogP contribution < -0.4 is 10.6 Å². The number of amides is 2. The number of aliphatic carboxylic acids is 1. The second kappa shape index (κ2) is 7.23. The number of rotatable bonds is 6. The predicted molar refractivity (Wildman–Crippen MR) is 83.2 cm³/mol. The molecule has 2 amide bonds. The molecule has 1 aliphatic rings. The number of carboxylic acid groups (broad SMARTS) is 1. The quantitative estimate of drug-likeness (QED) is 0.735. The van der Waals surface area contributed by atoms with Crippen molar-refractivity contribution in [3.05, 3.63) is 29.8 Å². The first-order valence-electron chi connectivity index (χ1n) is 7.46. The largest absolute Gasteiger partial charge is 0.481 e. The average Bonchev–Trinajstić information content (AvgIpc) is 2.95. The van der Waals surface area contributed by atoms with Crippen LogP contribution in [0.25, 0.3) is 0 Å². The van der Waals surface area contributed by atoms with Crippen LogP contribution >= 0.6 is 0 Å². The lowest BCUT2D eigenvalue weighted by molar-refractivity contribution is -0.137. The van der Waals surface area contributed by atoms with E-state index in [1.54, 1.807) is 31.2 Å². The molecule has 1 unspecified atom stereocenters. The van der Waals surface area contributed by atoms with E-state index < -0.39 is 11.6 Å². The van der Waals surface area contributed by atoms with Gasteiger partial charge in [-0.2, -0.15) is 0 Å². The summed E-state index contributed by atoms with van der Waals surface area (Å²) in [7, 11) is 0. The monoisotopic (exact) mass is 320 g/mol. The third-order valence-electron chi connectivity index (χ3n) is 3.73. The van der Waals surface area contributed by atoms with Crippen molar-refractivity contribution < 1.29 is 24.2 Å². The summed E-state index contributed by atoms with van der Waals surface area (Å²) in [5.41, 5.74) is 0.179. The standard InChI is InChI=1S/C16H20N2O5/c1-16(8-2-10-23-16)15(22)18-12-5-3-11(4-6-12)14(21)17-9-7-13(19)20/h3-6H,2,7-10H2,1H3,(H,17,21)(H,18,22)(H,19,20). The van der Waals surface area contributed by atoms with Gasteiger partial charge in [-0.15, -0.1) is 0 Å². The Balaban J connectivity index is 1.90. The highest BCUT2D eigenvalue weighted by molar-refractivity contribution is 5.98. The van der Waals surface area contributed by atoms with E-state index in [1.807, 2.05) is 0 Å². The predicted octanol–water partition coefficient (Wildman–Crippen LogP) is 1.40. The molecule has 0 radical (unpaired) electrons. The smallest absolute Gasteiger partial charge is 0.305 e. The minimum atomic E-state index is -0.967. The van der Waals surface area contributed by atoms with Gasteiger partial charge in [-0.1, -0.05) is 0 Å². The Morgan fingerprint density at radius 3 is 2.52 bits per heavy atom. The number of anilines is 1. The Bertz CT molecular complexity index is 591. The van der Waals surface area contributed by atoms with Gasteiger partial charge in [0, 0.05) is 24.4 Å². The third kappa shape index (κ3) is 4.53. The summed E-state index contributed by atoms with van der Waals surface area (Å²) in [4.78, 5) is 34.4. The van der Waals surface area contributed by atoms with E-state index in [1.165, 1.54) is 0 Å². The molecule has 0 aliphatic carbocycles. The first kappa shape index (κ1) is 17.0. The molecular weight excluding hydrogens is 300 g/mol. The first-order valence-corrected chi connectivity index (χ1v) is 7.46. The zero-order valence-corrected chi connectivity index (χ0v) is 12.9. The van der Waals surface area contributed by atoms with Gasteiger partial charge in [-0.05, 0) is 44.0 Å². The number of benzene rings is 1. The molecule has 0 saturated carbocycles. The molecule has 0 spiro atoms. The summed E-state index contributed by atoms with van der Waals surface area (Å²) in [5, 5.41) is 13.8. The molecule has 23 heavy (non-hydrogen) atoms. The lowest BCUT2D eigenvalue weighted by Crippen LogP contribution is -2.39. The van der Waals surface area contributed by atoms with Gasteiger partial charge in [-0.3, -0.25) is 14.4 Å². The maximum absolute atomic E-state index is 12.2. The van der Waals surface area contributed by atoms with E-state index >= 15 is 0 Å². The van der Waals surface area contributed by atoms with Gasteiger partial charge in [0.15, 0.2) is 0 Å². The fraction of sp³-hybridized carbons (Fsp3) is 0.438. The topological polar surface area (TPSA) is 105 Å². The van der Waals surface area contributed by atoms with E-state index in [9.17, 15) is 14.4 Å². The fourth-order valence-corrected chi connectivity index (χ4v) is 2.31. The molecule has 1 aliphatic heterocycles. The number of carbonyl (C=O) groups excluding carboxylic acids is 2. The van der Waals surface area contributed by atoms with Crippen molar-refractivity contribution in [2.24, 2.45) is 0 Å². The Kier molecular flexibility index (Phi) is 5.33. The summed E-state index contributed by atoms with van der Waals surface area (Å²) >= 11 is 0. The summed E-state index contributed by atoms with van der Waals surface area (Å²) in [6.45, 7) is 2.42. The Labute approximate surface area is 134 Å². The molecule has 0 aromatic heterocycles. The van der Waals surface area contributed by atoms with Crippen molar-refractivity contribution in [1.82, 2.24) is 5.32 Å². The van der Waals surface area contributed by atoms with Crippen LogP contribution in [0.15, 0.2) is 24.3 Å². The van der Waals surface area contributed by atoms with Crippen LogP contribution in [-0.2, 0) is 14.3 Å². The summed E-state index contributed by atoms with van der Waals surface area (Å²) in [6.07, 6.45) is 1.42. The number of carboxylic acids is 1. The number of hydrogen-bond acceptors (Lipinski definition) is 4. The Morgan fingerprint density at radius 2 is 1.96 bits per heavy atom. The van der Waals surface area contributed by atoms with E-state index in [2.05, 4.69) is 10.6 Å². The van der Waals surface area contributed by atoms with Crippen molar-refractivity contribution in [3.8, 4) is 0 Å². The van der Waals surface area contributed by atoms with E-state index in [-0.39, 0.29) is 24.8 Å². The second-order valence-electron chi connectivity index (χ2n) is 5.61. The number of carbonyl (C=O) groups is 3. The van der Waals surface area contributed by atoms with Gasteiger partial charge >= 0.3 is 5.97 Å². The van der Waals surface area contributed by atoms with Crippen LogP contribution in [-0.4, -0.2) is 41.6 Å². The molecule has 7 heteroatoms. The van der Waals surface area contributed by atoms with Crippen LogP contribution in [0.3, 0.4) is 0 Å². The molecule has 124 valence electrons. The molecular formula is C16H20N2O5. The van der Waals surface area contributed by atoms with Gasteiger partial charge in [0.1, 0.15) is 5.60 Å². The maximum atomic E-state index is 12.2. The lowest BCUT2D eigenvalue weighted by atomic mass is 10.0. The maximum Gasteiger partial charge on any atom is 0.305 e. The summed E-state index contributed by atoms with van der Waals surface area (Å²) in [6, 6.07) is 6.40. The van der Waals surface area contributed by atoms with Crippen LogP contribution in [0.1, 0.15) is 36.5 Å². The van der Waals surface area contributed by atoms with Crippen molar-refractivity contribution >= 4 is 23.5 Å². The molecule has 1 saturated heterocycles. The summed E-state index contributed by atoms with van der Waals surface area (Å²) < 4.78 is 5.48. The van der Waals surface area contributed by atoms with Gasteiger partial charge < -0.3 is 20.5 Å². The highest BCUT2D eigenvalue weighted by Crippen LogP contribution is 2.26. The van der Waals surface area contributed by atoms with E-state index in [0.717, 1.165) is 6.42 Å². The normalized spacial score (nSPS) is 20.0. The number of nitrogens with one attached hydrogen (secondary N) is 2. The molecule has 7 nitrogen and oxygen atoms in total. The zero-order valence-electron chi connectivity index (χ0n) is 12.9. The molecule has 1 atom stereocenters. The number of ether oxygens (including phenoxy) is 1. The van der Waals surface area contributed by atoms with Crippen LogP contribution in [0.4, 0.5) is 5.69 Å². The van der Waals surface area contributed by atoms with E-state index in [4.69, 9.17) is 9.84 Å². The highest BCUT2D eigenvalue weighted by atomic mass is 16.5. The van der Waals surface area contributed by atoms with Gasteiger partial charge in [-0.25, -0.2) is 0 Å². The highest BCUT2D eigenvalue weighted by Gasteiger charge is 2.37. The van der Waals surface area contributed by atoms with Gasteiger partial charge in [0.05, 0.1) is 6.42 Å². The molecule has 3 N–H and O–H groups in total. The Hall–Kier alpha value is -2.41. The average molecular weight is 320 g/mol. The molecule has 1 aromatic rings. The first-order chi connectivity index (χ1) is 10.9. The van der Waals surface area contributed by atoms with E-state index in [0.29, 0.717) is 24.3 Å². The van der Waals surface area contributed by atoms with Crippen molar-refractivity contribution in [2.45, 2.75) is 31.8 Å². The molecule has 1 aromatic carbocycles. The van der Waals surface area contributed by atoms with Crippen molar-refractivity contribution in [3.63, 3.8) is 0 Å². The molecule has 1 fully saturated rings. The lowest BCUT2D eigenvalue weighted by Gasteiger charge is -2.21. The minimum Gasteiger partial charge on any atom is -0.481 e. The minimum absolute atomic E-state index is 0.0718. The van der Waals surface area contributed by atoms with Crippen molar-refractivity contribution in [1.29, 1.82) is 0 Å². The number of hydrogen-bond donors (Lipinski definition) is 3. The molecule has 1 heterocycles. The molecule has 0 bridgehead atoms.